The fourth-order valence-electron chi connectivity index (χ4n) is 1.87. The first-order chi connectivity index (χ1) is 9.92. The first-order valence-corrected chi connectivity index (χ1v) is 5.70. The van der Waals surface area contributed by atoms with Crippen molar-refractivity contribution in [2.24, 2.45) is 5.73 Å². The van der Waals surface area contributed by atoms with Gasteiger partial charge in [-0.15, -0.1) is 0 Å². The van der Waals surface area contributed by atoms with Crippen LogP contribution in [0, 0.1) is 22.7 Å². The summed E-state index contributed by atoms with van der Waals surface area (Å²) in [4.78, 5) is 3.63. The van der Waals surface area contributed by atoms with Crippen molar-refractivity contribution in [2.45, 2.75) is 12.7 Å². The van der Waals surface area contributed by atoms with E-state index >= 15 is 0 Å². The topological polar surface area (TPSA) is 91.4 Å². The highest BCUT2D eigenvalue weighted by Gasteiger charge is 2.35. The van der Waals surface area contributed by atoms with Crippen LogP contribution in [0.3, 0.4) is 0 Å². The van der Waals surface area contributed by atoms with Gasteiger partial charge in [0.05, 0.1) is 11.3 Å². The minimum atomic E-state index is -4.62. The van der Waals surface area contributed by atoms with E-state index in [0.717, 1.165) is 17.0 Å². The Kier molecular flexibility index (Phi) is 3.66. The number of halogens is 3. The number of hydrogen-bond donors (Lipinski definition) is 1. The molecule has 8 heteroatoms. The van der Waals surface area contributed by atoms with E-state index in [-0.39, 0.29) is 23.6 Å². The monoisotopic (exact) mass is 291 g/mol. The molecule has 0 saturated carbocycles. The van der Waals surface area contributed by atoms with Gasteiger partial charge < -0.3 is 5.73 Å². The highest BCUT2D eigenvalue weighted by atomic mass is 19.4. The summed E-state index contributed by atoms with van der Waals surface area (Å²) in [5.41, 5.74) is 3.97. The Hall–Kier alpha value is -2.84. The third-order valence-corrected chi connectivity index (χ3v) is 2.84. The third kappa shape index (κ3) is 2.57. The second kappa shape index (κ2) is 5.27. The van der Waals surface area contributed by atoms with Crippen molar-refractivity contribution in [3.63, 3.8) is 0 Å². The third-order valence-electron chi connectivity index (χ3n) is 2.84. The molecule has 1 heterocycles. The molecule has 0 radical (unpaired) electrons. The molecule has 2 aromatic rings. The molecule has 0 aliphatic carbocycles. The van der Waals surface area contributed by atoms with E-state index in [2.05, 4.69) is 4.98 Å². The van der Waals surface area contributed by atoms with Crippen LogP contribution in [-0.4, -0.2) is 9.55 Å². The van der Waals surface area contributed by atoms with Crippen LogP contribution in [0.1, 0.15) is 22.5 Å². The van der Waals surface area contributed by atoms with Crippen molar-refractivity contribution in [1.82, 2.24) is 9.55 Å². The molecule has 5 nitrogen and oxygen atoms in total. The van der Waals surface area contributed by atoms with Crippen molar-refractivity contribution in [3.05, 3.63) is 47.0 Å². The van der Waals surface area contributed by atoms with Gasteiger partial charge in [-0.1, -0.05) is 6.07 Å². The quantitative estimate of drug-likeness (QED) is 0.917. The number of imidazole rings is 1. The van der Waals surface area contributed by atoms with Crippen molar-refractivity contribution >= 4 is 0 Å². The zero-order valence-corrected chi connectivity index (χ0v) is 10.5. The minimum absolute atomic E-state index is 0.0398. The Bertz CT molecular complexity index is 762. The normalized spacial score (nSPS) is 11.0. The van der Waals surface area contributed by atoms with Gasteiger partial charge in [0, 0.05) is 6.54 Å². The first kappa shape index (κ1) is 14.6. The van der Waals surface area contributed by atoms with Gasteiger partial charge in [-0.05, 0) is 17.7 Å². The molecule has 106 valence electrons. The number of alkyl halides is 3. The molecule has 0 fully saturated rings. The molecule has 0 spiro atoms. The van der Waals surface area contributed by atoms with Crippen LogP contribution in [0.4, 0.5) is 13.2 Å². The molecular formula is C13H8F3N5. The number of hydrogen-bond acceptors (Lipinski definition) is 4. The SMILES string of the molecule is N#Cc1ncn(-c2ccc(CN)cc2C(F)(F)F)c1C#N. The van der Waals surface area contributed by atoms with Crippen LogP contribution in [-0.2, 0) is 12.7 Å². The van der Waals surface area contributed by atoms with Gasteiger partial charge in [-0.25, -0.2) is 4.98 Å². The lowest BCUT2D eigenvalue weighted by atomic mass is 10.1. The van der Waals surface area contributed by atoms with Crippen molar-refractivity contribution in [3.8, 4) is 17.8 Å². The van der Waals surface area contributed by atoms with Gasteiger partial charge in [-0.3, -0.25) is 4.57 Å². The summed E-state index contributed by atoms with van der Waals surface area (Å²) in [6.45, 7) is -0.0398. The van der Waals surface area contributed by atoms with Gasteiger partial charge in [0.25, 0.3) is 0 Å². The standard InChI is InChI=1S/C13H8F3N5/c14-13(15,16)9-3-8(4-17)1-2-11(9)21-7-20-10(5-18)12(21)6-19/h1-3,7H,4,17H2. The second-order valence-corrected chi connectivity index (χ2v) is 4.09. The molecular weight excluding hydrogens is 283 g/mol. The predicted molar refractivity (Wildman–Crippen MR) is 65.9 cm³/mol. The van der Waals surface area contributed by atoms with E-state index in [1.54, 1.807) is 12.1 Å². The van der Waals surface area contributed by atoms with Crippen LogP contribution in [0.2, 0.25) is 0 Å². The van der Waals surface area contributed by atoms with Crippen LogP contribution in [0.15, 0.2) is 24.5 Å². The molecule has 0 saturated heterocycles. The van der Waals surface area contributed by atoms with Gasteiger partial charge in [0.2, 0.25) is 0 Å². The maximum atomic E-state index is 13.2. The molecule has 2 rings (SSSR count). The second-order valence-electron chi connectivity index (χ2n) is 4.09. The number of nitriles is 2. The highest BCUT2D eigenvalue weighted by molar-refractivity contribution is 5.50. The molecule has 0 atom stereocenters. The van der Waals surface area contributed by atoms with E-state index in [4.69, 9.17) is 16.3 Å². The van der Waals surface area contributed by atoms with Crippen LogP contribution in [0.5, 0.6) is 0 Å². The lowest BCUT2D eigenvalue weighted by Crippen LogP contribution is -2.13. The maximum Gasteiger partial charge on any atom is 0.418 e. The number of nitrogens with zero attached hydrogens (tertiary/aromatic N) is 4. The Balaban J connectivity index is 2.74. The summed E-state index contributed by atoms with van der Waals surface area (Å²) in [7, 11) is 0. The summed E-state index contributed by atoms with van der Waals surface area (Å²) in [5, 5.41) is 17.8. The molecule has 0 amide bonds. The Morgan fingerprint density at radius 2 is 1.95 bits per heavy atom. The Labute approximate surface area is 117 Å². The van der Waals surface area contributed by atoms with Crippen LogP contribution < -0.4 is 5.73 Å². The summed E-state index contributed by atoms with van der Waals surface area (Å²) < 4.78 is 40.4. The van der Waals surface area contributed by atoms with Crippen molar-refractivity contribution in [1.29, 1.82) is 10.5 Å². The maximum absolute atomic E-state index is 13.2. The smallest absolute Gasteiger partial charge is 0.326 e. The minimum Gasteiger partial charge on any atom is -0.326 e. The fraction of sp³-hybridized carbons (Fsp3) is 0.154. The zero-order chi connectivity index (χ0) is 15.6. The summed E-state index contributed by atoms with van der Waals surface area (Å²) >= 11 is 0. The number of benzene rings is 1. The summed E-state index contributed by atoms with van der Waals surface area (Å²) in [6, 6.07) is 6.90. The summed E-state index contributed by atoms with van der Waals surface area (Å²) in [5.74, 6) is 0. The number of nitrogens with two attached hydrogens (primary N) is 1. The number of aromatic nitrogens is 2. The lowest BCUT2D eigenvalue weighted by molar-refractivity contribution is -0.137. The molecule has 0 bridgehead atoms. The molecule has 2 N–H and O–H groups in total. The van der Waals surface area contributed by atoms with E-state index < -0.39 is 11.7 Å². The predicted octanol–water partition coefficient (Wildman–Crippen LogP) is 2.09. The molecule has 0 unspecified atom stereocenters. The van der Waals surface area contributed by atoms with E-state index in [9.17, 15) is 13.2 Å². The van der Waals surface area contributed by atoms with E-state index in [1.165, 1.54) is 12.1 Å². The van der Waals surface area contributed by atoms with Crippen LogP contribution >= 0.6 is 0 Å². The van der Waals surface area contributed by atoms with E-state index in [1.807, 2.05) is 0 Å². The molecule has 1 aromatic carbocycles. The number of rotatable bonds is 2. The van der Waals surface area contributed by atoms with Crippen LogP contribution in [0.25, 0.3) is 5.69 Å². The average Bonchev–Trinajstić information content (AvgIpc) is 2.88. The molecule has 0 aliphatic rings. The summed E-state index contributed by atoms with van der Waals surface area (Å²) in [6.07, 6.45) is -3.60. The molecule has 0 aliphatic heterocycles. The first-order valence-electron chi connectivity index (χ1n) is 5.70. The molecule has 1 aromatic heterocycles. The molecule has 21 heavy (non-hydrogen) atoms. The average molecular weight is 291 g/mol. The highest BCUT2D eigenvalue weighted by Crippen LogP contribution is 2.35. The van der Waals surface area contributed by atoms with Gasteiger partial charge in [0.1, 0.15) is 18.5 Å². The van der Waals surface area contributed by atoms with Gasteiger partial charge >= 0.3 is 6.18 Å². The fourth-order valence-corrected chi connectivity index (χ4v) is 1.87. The lowest BCUT2D eigenvalue weighted by Gasteiger charge is -2.15. The van der Waals surface area contributed by atoms with Crippen molar-refractivity contribution in [2.75, 3.05) is 0 Å². The largest absolute Gasteiger partial charge is 0.418 e. The van der Waals surface area contributed by atoms with Gasteiger partial charge in [-0.2, -0.15) is 23.7 Å². The van der Waals surface area contributed by atoms with Gasteiger partial charge in [0.15, 0.2) is 11.4 Å². The Morgan fingerprint density at radius 3 is 2.48 bits per heavy atom. The van der Waals surface area contributed by atoms with Crippen molar-refractivity contribution < 1.29 is 13.2 Å². The Morgan fingerprint density at radius 1 is 1.24 bits per heavy atom. The zero-order valence-electron chi connectivity index (χ0n) is 10.5. The van der Waals surface area contributed by atoms with E-state index in [0.29, 0.717) is 5.56 Å².